The van der Waals surface area contributed by atoms with E-state index in [1.54, 1.807) is 29.5 Å². The zero-order chi connectivity index (χ0) is 13.2. The van der Waals surface area contributed by atoms with E-state index in [0.29, 0.717) is 0 Å². The quantitative estimate of drug-likeness (QED) is 0.747. The fraction of sp³-hybridized carbons (Fsp3) is 0. The van der Waals surface area contributed by atoms with Crippen LogP contribution in [0.15, 0.2) is 52.0 Å². The maximum absolute atomic E-state index is 10.9. The van der Waals surface area contributed by atoms with Gasteiger partial charge in [-0.25, -0.2) is 14.8 Å². The van der Waals surface area contributed by atoms with Gasteiger partial charge in [-0.05, 0) is 29.6 Å². The first kappa shape index (κ1) is 12.1. The van der Waals surface area contributed by atoms with Crippen molar-refractivity contribution >= 4 is 39.3 Å². The summed E-state index contributed by atoms with van der Waals surface area (Å²) in [6, 6.07) is 8.78. The predicted octanol–water partition coefficient (Wildman–Crippen LogP) is 3.54. The van der Waals surface area contributed by atoms with Crippen LogP contribution in [0, 0.1) is 0 Å². The highest BCUT2D eigenvalue weighted by Crippen LogP contribution is 2.33. The van der Waals surface area contributed by atoms with Crippen LogP contribution in [0.4, 0.5) is 0 Å². The first-order chi connectivity index (χ1) is 9.24. The molecule has 0 aliphatic heterocycles. The fourth-order valence-electron chi connectivity index (χ4n) is 1.64. The lowest BCUT2D eigenvalue weighted by Crippen LogP contribution is -1.95. The summed E-state index contributed by atoms with van der Waals surface area (Å²) < 4.78 is 1.02. The van der Waals surface area contributed by atoms with Crippen LogP contribution in [0.5, 0.6) is 0 Å². The monoisotopic (exact) mass is 288 g/mol. The molecule has 6 heteroatoms. The molecule has 0 atom stereocenters. The third-order valence-electron chi connectivity index (χ3n) is 2.51. The molecule has 3 aromatic rings. The Morgan fingerprint density at radius 2 is 2.16 bits per heavy atom. The molecule has 94 valence electrons. The zero-order valence-electron chi connectivity index (χ0n) is 9.61. The number of aromatic nitrogens is 2. The van der Waals surface area contributed by atoms with E-state index in [1.165, 1.54) is 18.1 Å². The summed E-state index contributed by atoms with van der Waals surface area (Å²) in [6.07, 6.45) is 1.53. The molecule has 0 radical (unpaired) electrons. The van der Waals surface area contributed by atoms with Crippen molar-refractivity contribution in [2.24, 2.45) is 0 Å². The number of fused-ring (bicyclic) bond motifs is 1. The Hall–Kier alpha value is -1.92. The number of aromatic carboxylic acids is 1. The second kappa shape index (κ2) is 4.99. The minimum Gasteiger partial charge on any atom is -0.478 e. The molecule has 2 aromatic heterocycles. The molecule has 0 bridgehead atoms. The summed E-state index contributed by atoms with van der Waals surface area (Å²) in [5, 5.41) is 11.8. The van der Waals surface area contributed by atoms with Crippen LogP contribution in [-0.4, -0.2) is 21.0 Å². The molecular formula is C13H8N2O2S2. The molecule has 0 unspecified atom stereocenters. The molecule has 1 N–H and O–H groups in total. The van der Waals surface area contributed by atoms with E-state index in [0.717, 1.165) is 20.1 Å². The maximum Gasteiger partial charge on any atom is 0.335 e. The van der Waals surface area contributed by atoms with Gasteiger partial charge < -0.3 is 5.11 Å². The number of carboxylic acids is 1. The van der Waals surface area contributed by atoms with Gasteiger partial charge in [-0.1, -0.05) is 17.8 Å². The smallest absolute Gasteiger partial charge is 0.335 e. The summed E-state index contributed by atoms with van der Waals surface area (Å²) >= 11 is 3.03. The minimum absolute atomic E-state index is 0.279. The minimum atomic E-state index is -0.925. The van der Waals surface area contributed by atoms with Gasteiger partial charge in [0.1, 0.15) is 11.4 Å². The van der Waals surface area contributed by atoms with Crippen molar-refractivity contribution in [3.63, 3.8) is 0 Å². The molecule has 0 aliphatic carbocycles. The second-order valence-electron chi connectivity index (χ2n) is 3.75. The summed E-state index contributed by atoms with van der Waals surface area (Å²) in [6.45, 7) is 0. The first-order valence-electron chi connectivity index (χ1n) is 5.43. The summed E-state index contributed by atoms with van der Waals surface area (Å²) in [7, 11) is 0. The largest absolute Gasteiger partial charge is 0.478 e. The van der Waals surface area contributed by atoms with E-state index in [-0.39, 0.29) is 5.56 Å². The number of benzene rings is 1. The molecular weight excluding hydrogens is 280 g/mol. The lowest BCUT2D eigenvalue weighted by molar-refractivity contribution is 0.0696. The van der Waals surface area contributed by atoms with Gasteiger partial charge in [0.15, 0.2) is 0 Å². The van der Waals surface area contributed by atoms with Crippen LogP contribution in [-0.2, 0) is 0 Å². The van der Waals surface area contributed by atoms with Crippen molar-refractivity contribution in [1.82, 2.24) is 9.97 Å². The SMILES string of the molecule is O=C(O)c1cccc(Sc2ncnc3ccsc23)c1. The molecule has 19 heavy (non-hydrogen) atoms. The number of thiophene rings is 1. The van der Waals surface area contributed by atoms with E-state index in [2.05, 4.69) is 9.97 Å². The average Bonchev–Trinajstić information content (AvgIpc) is 2.88. The van der Waals surface area contributed by atoms with E-state index < -0.39 is 5.97 Å². The van der Waals surface area contributed by atoms with Crippen molar-refractivity contribution < 1.29 is 9.90 Å². The van der Waals surface area contributed by atoms with Gasteiger partial charge in [0.05, 0.1) is 15.8 Å². The lowest BCUT2D eigenvalue weighted by atomic mass is 10.2. The van der Waals surface area contributed by atoms with Crippen molar-refractivity contribution in [1.29, 1.82) is 0 Å². The summed E-state index contributed by atoms with van der Waals surface area (Å²) in [4.78, 5) is 20.2. The molecule has 1 aromatic carbocycles. The van der Waals surface area contributed by atoms with E-state index in [4.69, 9.17) is 5.11 Å². The number of carbonyl (C=O) groups is 1. The van der Waals surface area contributed by atoms with Gasteiger partial charge in [0.2, 0.25) is 0 Å². The summed E-state index contributed by atoms with van der Waals surface area (Å²) in [5.74, 6) is -0.925. The van der Waals surface area contributed by atoms with E-state index in [1.807, 2.05) is 17.5 Å². The van der Waals surface area contributed by atoms with Crippen LogP contribution in [0.1, 0.15) is 10.4 Å². The normalized spacial score (nSPS) is 10.7. The van der Waals surface area contributed by atoms with Crippen LogP contribution in [0.3, 0.4) is 0 Å². The number of hydrogen-bond donors (Lipinski definition) is 1. The van der Waals surface area contributed by atoms with Gasteiger partial charge in [0.25, 0.3) is 0 Å². The molecule has 0 amide bonds. The highest BCUT2D eigenvalue weighted by molar-refractivity contribution is 7.99. The van der Waals surface area contributed by atoms with E-state index >= 15 is 0 Å². The Bertz CT molecular complexity index is 755. The standard InChI is InChI=1S/C13H8N2O2S2/c16-13(17)8-2-1-3-9(6-8)19-12-11-10(4-5-18-11)14-7-15-12/h1-7H,(H,16,17). The van der Waals surface area contributed by atoms with Crippen molar-refractivity contribution in [2.45, 2.75) is 9.92 Å². The second-order valence-corrected chi connectivity index (χ2v) is 5.73. The number of nitrogens with zero attached hydrogens (tertiary/aromatic N) is 2. The van der Waals surface area contributed by atoms with Crippen LogP contribution in [0.25, 0.3) is 10.2 Å². The van der Waals surface area contributed by atoms with Crippen LogP contribution in [0.2, 0.25) is 0 Å². The molecule has 0 fully saturated rings. The molecule has 3 rings (SSSR count). The summed E-state index contributed by atoms with van der Waals surface area (Å²) in [5.41, 5.74) is 1.19. The topological polar surface area (TPSA) is 63.1 Å². The Kier molecular flexibility index (Phi) is 3.18. The molecule has 0 spiro atoms. The number of hydrogen-bond acceptors (Lipinski definition) is 5. The number of rotatable bonds is 3. The Labute approximate surface area is 117 Å². The van der Waals surface area contributed by atoms with Gasteiger partial charge in [-0.15, -0.1) is 11.3 Å². The van der Waals surface area contributed by atoms with Crippen LogP contribution < -0.4 is 0 Å². The molecule has 4 nitrogen and oxygen atoms in total. The number of carboxylic acid groups (broad SMARTS) is 1. The van der Waals surface area contributed by atoms with Crippen molar-refractivity contribution in [2.75, 3.05) is 0 Å². The van der Waals surface area contributed by atoms with Gasteiger partial charge in [-0.3, -0.25) is 0 Å². The first-order valence-corrected chi connectivity index (χ1v) is 7.13. The third-order valence-corrected chi connectivity index (χ3v) is 4.54. The molecule has 0 saturated heterocycles. The van der Waals surface area contributed by atoms with Gasteiger partial charge in [-0.2, -0.15) is 0 Å². The average molecular weight is 288 g/mol. The van der Waals surface area contributed by atoms with E-state index in [9.17, 15) is 4.79 Å². The fourth-order valence-corrected chi connectivity index (χ4v) is 3.49. The Morgan fingerprint density at radius 1 is 1.26 bits per heavy atom. The zero-order valence-corrected chi connectivity index (χ0v) is 11.2. The van der Waals surface area contributed by atoms with Gasteiger partial charge >= 0.3 is 5.97 Å². The molecule has 0 saturated carbocycles. The van der Waals surface area contributed by atoms with Crippen molar-refractivity contribution in [3.8, 4) is 0 Å². The maximum atomic E-state index is 10.9. The molecule has 2 heterocycles. The molecule has 0 aliphatic rings. The Morgan fingerprint density at radius 3 is 3.00 bits per heavy atom. The van der Waals surface area contributed by atoms with Crippen LogP contribution >= 0.6 is 23.1 Å². The lowest BCUT2D eigenvalue weighted by Gasteiger charge is -2.02. The van der Waals surface area contributed by atoms with Gasteiger partial charge in [0, 0.05) is 4.90 Å². The predicted molar refractivity (Wildman–Crippen MR) is 74.9 cm³/mol. The highest BCUT2D eigenvalue weighted by atomic mass is 32.2. The highest BCUT2D eigenvalue weighted by Gasteiger charge is 2.09. The third kappa shape index (κ3) is 2.45. The Balaban J connectivity index is 1.99. The van der Waals surface area contributed by atoms with Crippen molar-refractivity contribution in [3.05, 3.63) is 47.6 Å².